The molecule has 3 N–H and O–H groups in total. The van der Waals surface area contributed by atoms with Crippen molar-refractivity contribution in [2.24, 2.45) is 11.8 Å². The van der Waals surface area contributed by atoms with Crippen molar-refractivity contribution in [2.75, 3.05) is 13.1 Å². The van der Waals surface area contributed by atoms with Crippen LogP contribution in [-0.2, 0) is 0 Å². The van der Waals surface area contributed by atoms with E-state index in [1.165, 1.54) is 19.3 Å². The molecule has 1 atom stereocenters. The molecule has 0 spiro atoms. The Hall–Kier alpha value is -0.350. The van der Waals surface area contributed by atoms with E-state index in [1.54, 1.807) is 0 Å². The van der Waals surface area contributed by atoms with Gasteiger partial charge in [-0.1, -0.05) is 6.92 Å². The van der Waals surface area contributed by atoms with Crippen LogP contribution >= 0.6 is 12.2 Å². The summed E-state index contributed by atoms with van der Waals surface area (Å²) in [4.78, 5) is 2.15. The number of hydrogen-bond acceptors (Lipinski definition) is 2. The molecule has 0 aromatic rings. The minimum absolute atomic E-state index is 0.684. The summed E-state index contributed by atoms with van der Waals surface area (Å²) in [6.45, 7) is 4.39. The van der Waals surface area contributed by atoms with Crippen LogP contribution in [0.2, 0.25) is 0 Å². The molecule has 1 heterocycles. The quantitative estimate of drug-likeness (QED) is 0.335. The predicted octanol–water partition coefficient (Wildman–Crippen LogP) is 0.857. The maximum atomic E-state index is 5.26. The lowest BCUT2D eigenvalue weighted by Crippen LogP contribution is -2.43. The number of nitrogens with one attached hydrogen (secondary N) is 1. The lowest BCUT2D eigenvalue weighted by atomic mass is 10.0. The molecule has 4 heteroatoms. The molecule has 1 saturated heterocycles. The third-order valence-corrected chi connectivity index (χ3v) is 2.80. The van der Waals surface area contributed by atoms with E-state index in [0.29, 0.717) is 5.11 Å². The first kappa shape index (κ1) is 9.74. The van der Waals surface area contributed by atoms with Crippen molar-refractivity contribution in [3.8, 4) is 0 Å². The Balaban J connectivity index is 2.40. The van der Waals surface area contributed by atoms with E-state index in [2.05, 4.69) is 17.2 Å². The lowest BCUT2D eigenvalue weighted by molar-refractivity contribution is 0.419. The fourth-order valence-corrected chi connectivity index (χ4v) is 1.74. The molecule has 0 aliphatic carbocycles. The molecule has 0 aromatic heterocycles. The van der Waals surface area contributed by atoms with E-state index in [9.17, 15) is 0 Å². The summed E-state index contributed by atoms with van der Waals surface area (Å²) >= 11 is 5.06. The summed E-state index contributed by atoms with van der Waals surface area (Å²) in [5.41, 5.74) is 2.53. The average Bonchev–Trinajstić information content (AvgIpc) is 2.29. The number of nitrogens with two attached hydrogens (primary N) is 1. The van der Waals surface area contributed by atoms with Crippen molar-refractivity contribution in [1.29, 1.82) is 0 Å². The number of thiocarbonyl (C=S) groups is 1. The molecular weight excluding hydrogens is 170 g/mol. The highest BCUT2D eigenvalue weighted by Crippen LogP contribution is 2.16. The molecule has 3 nitrogen and oxygen atoms in total. The minimum atomic E-state index is 0.684. The van der Waals surface area contributed by atoms with Gasteiger partial charge in [0, 0.05) is 13.1 Å². The SMILES string of the molecule is CC1CCCN(C(=S)NN)CC1. The van der Waals surface area contributed by atoms with Gasteiger partial charge in [0.1, 0.15) is 0 Å². The Morgan fingerprint density at radius 3 is 2.92 bits per heavy atom. The van der Waals surface area contributed by atoms with Gasteiger partial charge in [-0.15, -0.1) is 0 Å². The fourth-order valence-electron chi connectivity index (χ4n) is 1.56. The number of nitrogens with zero attached hydrogens (tertiary/aromatic N) is 1. The zero-order valence-corrected chi connectivity index (χ0v) is 8.36. The molecule has 0 amide bonds. The standard InChI is InChI=1S/C8H17N3S/c1-7-3-2-5-11(6-4-7)8(12)10-9/h7H,2-6,9H2,1H3,(H,10,12). The highest BCUT2D eigenvalue weighted by molar-refractivity contribution is 7.80. The van der Waals surface area contributed by atoms with E-state index >= 15 is 0 Å². The van der Waals surface area contributed by atoms with Gasteiger partial charge in [0.05, 0.1) is 0 Å². The Kier molecular flexibility index (Phi) is 3.75. The smallest absolute Gasteiger partial charge is 0.183 e. The molecule has 12 heavy (non-hydrogen) atoms. The number of hydrogen-bond donors (Lipinski definition) is 2. The monoisotopic (exact) mass is 187 g/mol. The Labute approximate surface area is 79.3 Å². The summed E-state index contributed by atoms with van der Waals surface area (Å²) in [7, 11) is 0. The number of likely N-dealkylation sites (tertiary alicyclic amines) is 1. The van der Waals surface area contributed by atoms with E-state index in [-0.39, 0.29) is 0 Å². The van der Waals surface area contributed by atoms with Crippen LogP contribution in [0.25, 0.3) is 0 Å². The van der Waals surface area contributed by atoms with Crippen LogP contribution in [0.15, 0.2) is 0 Å². The zero-order chi connectivity index (χ0) is 8.97. The summed E-state index contributed by atoms with van der Waals surface area (Å²) in [6.07, 6.45) is 3.76. The average molecular weight is 187 g/mol. The van der Waals surface area contributed by atoms with Crippen molar-refractivity contribution in [1.82, 2.24) is 10.3 Å². The maximum Gasteiger partial charge on any atom is 0.183 e. The van der Waals surface area contributed by atoms with Crippen molar-refractivity contribution < 1.29 is 0 Å². The second kappa shape index (κ2) is 4.62. The molecule has 0 radical (unpaired) electrons. The first-order chi connectivity index (χ1) is 5.74. The van der Waals surface area contributed by atoms with Crippen LogP contribution in [0.1, 0.15) is 26.2 Å². The highest BCUT2D eigenvalue weighted by Gasteiger charge is 2.14. The second-order valence-electron chi connectivity index (χ2n) is 3.47. The molecular formula is C8H17N3S. The van der Waals surface area contributed by atoms with Crippen molar-refractivity contribution in [2.45, 2.75) is 26.2 Å². The Morgan fingerprint density at radius 1 is 1.50 bits per heavy atom. The van der Waals surface area contributed by atoms with Crippen LogP contribution in [-0.4, -0.2) is 23.1 Å². The predicted molar refractivity (Wildman–Crippen MR) is 54.5 cm³/mol. The van der Waals surface area contributed by atoms with E-state index < -0.39 is 0 Å². The van der Waals surface area contributed by atoms with Crippen LogP contribution in [0.5, 0.6) is 0 Å². The van der Waals surface area contributed by atoms with Gasteiger partial charge in [0.25, 0.3) is 0 Å². The molecule has 1 aliphatic rings. The van der Waals surface area contributed by atoms with Crippen LogP contribution < -0.4 is 11.3 Å². The summed E-state index contributed by atoms with van der Waals surface area (Å²) < 4.78 is 0. The molecule has 0 saturated carbocycles. The topological polar surface area (TPSA) is 41.3 Å². The largest absolute Gasteiger partial charge is 0.348 e. The summed E-state index contributed by atoms with van der Waals surface area (Å²) in [5.74, 6) is 6.08. The number of hydrazine groups is 1. The minimum Gasteiger partial charge on any atom is -0.348 e. The first-order valence-corrected chi connectivity index (χ1v) is 4.90. The molecule has 1 aliphatic heterocycles. The third kappa shape index (κ3) is 2.60. The fraction of sp³-hybridized carbons (Fsp3) is 0.875. The van der Waals surface area contributed by atoms with Crippen LogP contribution in [0.4, 0.5) is 0 Å². The number of rotatable bonds is 0. The molecule has 0 aromatic carbocycles. The van der Waals surface area contributed by atoms with Crippen molar-refractivity contribution >= 4 is 17.3 Å². The van der Waals surface area contributed by atoms with Gasteiger partial charge in [-0.2, -0.15) is 0 Å². The molecule has 1 unspecified atom stereocenters. The van der Waals surface area contributed by atoms with Gasteiger partial charge >= 0.3 is 0 Å². The van der Waals surface area contributed by atoms with Gasteiger partial charge in [-0.25, -0.2) is 5.84 Å². The molecule has 1 rings (SSSR count). The Bertz CT molecular complexity index is 160. The van der Waals surface area contributed by atoms with E-state index in [4.69, 9.17) is 18.1 Å². The van der Waals surface area contributed by atoms with Gasteiger partial charge in [0.2, 0.25) is 0 Å². The second-order valence-corrected chi connectivity index (χ2v) is 3.86. The third-order valence-electron chi connectivity index (χ3n) is 2.43. The molecule has 1 fully saturated rings. The van der Waals surface area contributed by atoms with Gasteiger partial charge in [0.15, 0.2) is 5.11 Å². The zero-order valence-electron chi connectivity index (χ0n) is 7.55. The van der Waals surface area contributed by atoms with Crippen molar-refractivity contribution in [3.05, 3.63) is 0 Å². The van der Waals surface area contributed by atoms with Gasteiger partial charge < -0.3 is 10.3 Å². The Morgan fingerprint density at radius 2 is 2.25 bits per heavy atom. The molecule has 70 valence electrons. The van der Waals surface area contributed by atoms with Crippen LogP contribution in [0, 0.1) is 5.92 Å². The maximum absolute atomic E-state index is 5.26. The highest BCUT2D eigenvalue weighted by atomic mass is 32.1. The van der Waals surface area contributed by atoms with E-state index in [0.717, 1.165) is 19.0 Å². The van der Waals surface area contributed by atoms with Crippen LogP contribution in [0.3, 0.4) is 0 Å². The lowest BCUT2D eigenvalue weighted by Gasteiger charge is -2.22. The van der Waals surface area contributed by atoms with Gasteiger partial charge in [-0.05, 0) is 37.4 Å². The summed E-state index contributed by atoms with van der Waals surface area (Å²) in [6, 6.07) is 0. The summed E-state index contributed by atoms with van der Waals surface area (Å²) in [5, 5.41) is 0.684. The normalized spacial score (nSPS) is 24.8. The first-order valence-electron chi connectivity index (χ1n) is 4.49. The van der Waals surface area contributed by atoms with Gasteiger partial charge in [-0.3, -0.25) is 0 Å². The van der Waals surface area contributed by atoms with Crippen molar-refractivity contribution in [3.63, 3.8) is 0 Å². The van der Waals surface area contributed by atoms with E-state index in [1.807, 2.05) is 0 Å². The molecule has 0 bridgehead atoms.